The topological polar surface area (TPSA) is 67.2 Å². The Morgan fingerprint density at radius 2 is 2.38 bits per heavy atom. The lowest BCUT2D eigenvalue weighted by molar-refractivity contribution is -0.119. The van der Waals surface area contributed by atoms with Crippen LogP contribution in [0, 0.1) is 0 Å². The number of benzene rings is 1. The molecule has 86 valence electrons. The number of amides is 1. The molecule has 4 heteroatoms. The lowest BCUT2D eigenvalue weighted by Gasteiger charge is -2.13. The second-order valence-electron chi connectivity index (χ2n) is 4.10. The second-order valence-corrected chi connectivity index (χ2v) is 4.10. The van der Waals surface area contributed by atoms with Crippen LogP contribution in [0.2, 0.25) is 0 Å². The quantitative estimate of drug-likeness (QED) is 0.652. The Kier molecular flexibility index (Phi) is 3.10. The Labute approximate surface area is 95.2 Å². The molecule has 0 saturated heterocycles. The second kappa shape index (κ2) is 4.53. The molecular formula is C12H17N3O. The van der Waals surface area contributed by atoms with Crippen molar-refractivity contribution >= 4 is 11.6 Å². The molecule has 0 aliphatic heterocycles. The van der Waals surface area contributed by atoms with Crippen LogP contribution in [0.1, 0.15) is 23.6 Å². The first-order valence-electron chi connectivity index (χ1n) is 5.53. The molecule has 16 heavy (non-hydrogen) atoms. The summed E-state index contributed by atoms with van der Waals surface area (Å²) in [6, 6.07) is 6.28. The molecule has 0 saturated carbocycles. The van der Waals surface area contributed by atoms with E-state index in [4.69, 9.17) is 5.73 Å². The number of hydrogen-bond donors (Lipinski definition) is 3. The molecule has 1 atom stereocenters. The van der Waals surface area contributed by atoms with Crippen LogP contribution in [0.4, 0.5) is 5.69 Å². The first-order chi connectivity index (χ1) is 7.70. The van der Waals surface area contributed by atoms with Crippen molar-refractivity contribution in [3.05, 3.63) is 29.3 Å². The van der Waals surface area contributed by atoms with Gasteiger partial charge in [0.1, 0.15) is 0 Å². The van der Waals surface area contributed by atoms with E-state index in [0.29, 0.717) is 6.54 Å². The Morgan fingerprint density at radius 1 is 1.56 bits per heavy atom. The zero-order valence-corrected chi connectivity index (χ0v) is 9.42. The highest BCUT2D eigenvalue weighted by Crippen LogP contribution is 2.31. The number of nitrogens with two attached hydrogens (primary N) is 1. The summed E-state index contributed by atoms with van der Waals surface area (Å²) in [7, 11) is 1.65. The Bertz CT molecular complexity index is 403. The number of hydrogen-bond acceptors (Lipinski definition) is 3. The van der Waals surface area contributed by atoms with Crippen molar-refractivity contribution in [1.82, 2.24) is 10.6 Å². The van der Waals surface area contributed by atoms with Gasteiger partial charge in [0.05, 0.1) is 6.54 Å². The van der Waals surface area contributed by atoms with Gasteiger partial charge in [0, 0.05) is 18.8 Å². The molecule has 0 spiro atoms. The fraction of sp³-hybridized carbons (Fsp3) is 0.417. The van der Waals surface area contributed by atoms with E-state index in [0.717, 1.165) is 18.5 Å². The highest BCUT2D eigenvalue weighted by atomic mass is 16.1. The maximum atomic E-state index is 11.1. The molecule has 0 fully saturated rings. The summed E-state index contributed by atoms with van der Waals surface area (Å²) in [6.45, 7) is 0.366. The molecule has 2 rings (SSSR count). The normalized spacial score (nSPS) is 18.2. The molecule has 0 aromatic heterocycles. The van der Waals surface area contributed by atoms with Crippen molar-refractivity contribution in [3.63, 3.8) is 0 Å². The molecule has 1 unspecified atom stereocenters. The van der Waals surface area contributed by atoms with Crippen molar-refractivity contribution in [3.8, 4) is 0 Å². The summed E-state index contributed by atoms with van der Waals surface area (Å²) < 4.78 is 0. The lowest BCUT2D eigenvalue weighted by Crippen LogP contribution is -2.33. The smallest absolute Gasteiger partial charge is 0.233 e. The van der Waals surface area contributed by atoms with E-state index in [-0.39, 0.29) is 11.9 Å². The largest absolute Gasteiger partial charge is 0.399 e. The fourth-order valence-electron chi connectivity index (χ4n) is 2.15. The molecule has 1 aromatic rings. The van der Waals surface area contributed by atoms with Gasteiger partial charge in [0.15, 0.2) is 0 Å². The molecule has 1 aliphatic carbocycles. The van der Waals surface area contributed by atoms with Crippen molar-refractivity contribution in [2.75, 3.05) is 19.3 Å². The number of nitrogens with one attached hydrogen (secondary N) is 2. The Morgan fingerprint density at radius 3 is 3.12 bits per heavy atom. The van der Waals surface area contributed by atoms with Gasteiger partial charge in [-0.3, -0.25) is 4.79 Å². The molecule has 4 nitrogen and oxygen atoms in total. The highest BCUT2D eigenvalue weighted by Gasteiger charge is 2.22. The summed E-state index contributed by atoms with van der Waals surface area (Å²) in [5, 5.41) is 5.86. The number of fused-ring (bicyclic) bond motifs is 1. The Balaban J connectivity index is 2.03. The predicted molar refractivity (Wildman–Crippen MR) is 64.0 cm³/mol. The van der Waals surface area contributed by atoms with Gasteiger partial charge >= 0.3 is 0 Å². The summed E-state index contributed by atoms with van der Waals surface area (Å²) in [5.41, 5.74) is 9.12. The third kappa shape index (κ3) is 2.17. The average Bonchev–Trinajstić information content (AvgIpc) is 2.68. The van der Waals surface area contributed by atoms with Crippen molar-refractivity contribution < 1.29 is 4.79 Å². The molecule has 1 aliphatic rings. The molecule has 4 N–H and O–H groups in total. The SMILES string of the molecule is CNC(=O)CNC1CCc2cc(N)ccc21. The molecule has 0 bridgehead atoms. The van der Waals surface area contributed by atoms with Crippen LogP contribution in [0.5, 0.6) is 0 Å². The first-order valence-corrected chi connectivity index (χ1v) is 5.53. The third-order valence-corrected chi connectivity index (χ3v) is 3.03. The summed E-state index contributed by atoms with van der Waals surface area (Å²) in [6.07, 6.45) is 2.07. The van der Waals surface area contributed by atoms with Crippen LogP contribution >= 0.6 is 0 Å². The molecule has 1 aromatic carbocycles. The van der Waals surface area contributed by atoms with Crippen LogP contribution in [0.15, 0.2) is 18.2 Å². The van der Waals surface area contributed by atoms with Gasteiger partial charge < -0.3 is 16.4 Å². The van der Waals surface area contributed by atoms with Gasteiger partial charge in [-0.2, -0.15) is 0 Å². The molecule has 1 amide bonds. The van der Waals surface area contributed by atoms with Crippen LogP contribution in [-0.4, -0.2) is 19.5 Å². The zero-order valence-electron chi connectivity index (χ0n) is 9.42. The minimum absolute atomic E-state index is 0.0175. The van der Waals surface area contributed by atoms with Gasteiger partial charge in [-0.25, -0.2) is 0 Å². The van der Waals surface area contributed by atoms with Crippen LogP contribution in [0.25, 0.3) is 0 Å². The number of nitrogen functional groups attached to an aromatic ring is 1. The lowest BCUT2D eigenvalue weighted by atomic mass is 10.1. The van der Waals surface area contributed by atoms with Crippen molar-refractivity contribution in [2.45, 2.75) is 18.9 Å². The fourth-order valence-corrected chi connectivity index (χ4v) is 2.15. The number of aryl methyl sites for hydroxylation is 1. The number of carbonyl (C=O) groups excluding carboxylic acids is 1. The number of rotatable bonds is 3. The number of carbonyl (C=O) groups is 1. The molecule has 0 radical (unpaired) electrons. The van der Waals surface area contributed by atoms with E-state index < -0.39 is 0 Å². The number of anilines is 1. The average molecular weight is 219 g/mol. The zero-order chi connectivity index (χ0) is 11.5. The van der Waals surface area contributed by atoms with Crippen LogP contribution < -0.4 is 16.4 Å². The summed E-state index contributed by atoms with van der Waals surface area (Å²) in [5.74, 6) is 0.0175. The summed E-state index contributed by atoms with van der Waals surface area (Å²) >= 11 is 0. The van der Waals surface area contributed by atoms with Gasteiger partial charge in [0.2, 0.25) is 5.91 Å². The molecular weight excluding hydrogens is 202 g/mol. The maximum absolute atomic E-state index is 11.1. The predicted octanol–water partition coefficient (Wildman–Crippen LogP) is 0.592. The first kappa shape index (κ1) is 11.0. The minimum atomic E-state index is 0.0175. The van der Waals surface area contributed by atoms with E-state index in [2.05, 4.69) is 16.7 Å². The van der Waals surface area contributed by atoms with Gasteiger partial charge in [-0.15, -0.1) is 0 Å². The molecule has 0 heterocycles. The van der Waals surface area contributed by atoms with E-state index >= 15 is 0 Å². The number of likely N-dealkylation sites (N-methyl/N-ethyl adjacent to an activating group) is 1. The van der Waals surface area contributed by atoms with Gasteiger partial charge in [0.25, 0.3) is 0 Å². The monoisotopic (exact) mass is 219 g/mol. The minimum Gasteiger partial charge on any atom is -0.399 e. The van der Waals surface area contributed by atoms with Gasteiger partial charge in [-0.05, 0) is 36.1 Å². The summed E-state index contributed by atoms with van der Waals surface area (Å²) in [4.78, 5) is 11.1. The Hall–Kier alpha value is -1.55. The van der Waals surface area contributed by atoms with E-state index in [9.17, 15) is 4.79 Å². The van der Waals surface area contributed by atoms with E-state index in [1.54, 1.807) is 7.05 Å². The van der Waals surface area contributed by atoms with Crippen LogP contribution in [-0.2, 0) is 11.2 Å². The van der Waals surface area contributed by atoms with Gasteiger partial charge in [-0.1, -0.05) is 6.07 Å². The van der Waals surface area contributed by atoms with E-state index in [1.165, 1.54) is 11.1 Å². The van der Waals surface area contributed by atoms with Crippen LogP contribution in [0.3, 0.4) is 0 Å². The van der Waals surface area contributed by atoms with Crippen molar-refractivity contribution in [1.29, 1.82) is 0 Å². The third-order valence-electron chi connectivity index (χ3n) is 3.03. The van der Waals surface area contributed by atoms with E-state index in [1.807, 2.05) is 12.1 Å². The highest BCUT2D eigenvalue weighted by molar-refractivity contribution is 5.77. The van der Waals surface area contributed by atoms with Crippen molar-refractivity contribution in [2.24, 2.45) is 0 Å². The maximum Gasteiger partial charge on any atom is 0.233 e. The standard InChI is InChI=1S/C12H17N3O/c1-14-12(16)7-15-11-5-2-8-6-9(13)3-4-10(8)11/h3-4,6,11,15H,2,5,7,13H2,1H3,(H,14,16).